The van der Waals surface area contributed by atoms with Gasteiger partial charge in [-0.3, -0.25) is 4.79 Å². The first-order valence-corrected chi connectivity index (χ1v) is 6.08. The molecule has 6 heteroatoms. The van der Waals surface area contributed by atoms with Gasteiger partial charge in [-0.2, -0.15) is 0 Å². The van der Waals surface area contributed by atoms with E-state index in [2.05, 4.69) is 10.3 Å². The predicted octanol–water partition coefficient (Wildman–Crippen LogP) is 3.84. The van der Waals surface area contributed by atoms with Gasteiger partial charge in [-0.05, 0) is 30.3 Å². The quantitative estimate of drug-likeness (QED) is 0.740. The molecule has 1 aromatic heterocycles. The van der Waals surface area contributed by atoms with Crippen LogP contribution in [-0.4, -0.2) is 10.9 Å². The number of fused-ring (bicyclic) bond motifs is 1. The zero-order chi connectivity index (χ0) is 15.0. The summed E-state index contributed by atoms with van der Waals surface area (Å²) < 4.78 is 39.8. The van der Waals surface area contributed by atoms with E-state index in [9.17, 15) is 18.0 Å². The van der Waals surface area contributed by atoms with Crippen molar-refractivity contribution in [2.24, 2.45) is 0 Å². The lowest BCUT2D eigenvalue weighted by atomic mass is 10.2. The van der Waals surface area contributed by atoms with Gasteiger partial charge in [0, 0.05) is 17.0 Å². The molecule has 3 aromatic rings. The minimum absolute atomic E-state index is 0.0822. The van der Waals surface area contributed by atoms with Gasteiger partial charge in [-0.15, -0.1) is 0 Å². The maximum absolute atomic E-state index is 13.5. The molecule has 1 amide bonds. The van der Waals surface area contributed by atoms with Crippen molar-refractivity contribution in [1.29, 1.82) is 0 Å². The Morgan fingerprint density at radius 1 is 1.00 bits per heavy atom. The van der Waals surface area contributed by atoms with Crippen LogP contribution in [0.2, 0.25) is 0 Å². The molecule has 1 heterocycles. The average molecular weight is 290 g/mol. The number of anilines is 1. The predicted molar refractivity (Wildman–Crippen MR) is 72.6 cm³/mol. The minimum atomic E-state index is -0.884. The molecular weight excluding hydrogens is 281 g/mol. The second-order valence-electron chi connectivity index (χ2n) is 4.46. The van der Waals surface area contributed by atoms with Crippen LogP contribution < -0.4 is 5.32 Å². The highest BCUT2D eigenvalue weighted by Crippen LogP contribution is 2.20. The molecule has 21 heavy (non-hydrogen) atoms. The first-order chi connectivity index (χ1) is 10.0. The third-order valence-electron chi connectivity index (χ3n) is 3.03. The fourth-order valence-electron chi connectivity index (χ4n) is 2.02. The standard InChI is InChI=1S/C15H9F3N2O/c16-8-4-5-13(11(18)6-8)20-15(21)14-7-9-10(17)2-1-3-12(9)19-14/h1-7,19H,(H,20,21). The number of nitrogens with one attached hydrogen (secondary N) is 2. The van der Waals surface area contributed by atoms with Crippen LogP contribution in [0.25, 0.3) is 10.9 Å². The molecule has 0 aliphatic rings. The Hall–Kier alpha value is -2.76. The van der Waals surface area contributed by atoms with Crippen LogP contribution in [-0.2, 0) is 0 Å². The summed E-state index contributed by atoms with van der Waals surface area (Å²) in [5, 5.41) is 2.57. The van der Waals surface area contributed by atoms with Gasteiger partial charge in [0.2, 0.25) is 0 Å². The van der Waals surface area contributed by atoms with E-state index >= 15 is 0 Å². The third kappa shape index (κ3) is 2.47. The van der Waals surface area contributed by atoms with E-state index in [1.54, 1.807) is 6.07 Å². The Morgan fingerprint density at radius 3 is 2.52 bits per heavy atom. The summed E-state index contributed by atoms with van der Waals surface area (Å²) in [5.41, 5.74) is 0.388. The number of benzene rings is 2. The number of H-pyrrole nitrogens is 1. The van der Waals surface area contributed by atoms with Gasteiger partial charge in [0.25, 0.3) is 5.91 Å². The van der Waals surface area contributed by atoms with E-state index in [1.807, 2.05) is 0 Å². The first kappa shape index (κ1) is 13.2. The normalized spacial score (nSPS) is 10.8. The lowest BCUT2D eigenvalue weighted by Gasteiger charge is -2.04. The fraction of sp³-hybridized carbons (Fsp3) is 0. The molecule has 0 unspecified atom stereocenters. The van der Waals surface area contributed by atoms with Crippen molar-refractivity contribution >= 4 is 22.5 Å². The zero-order valence-corrected chi connectivity index (χ0v) is 10.6. The van der Waals surface area contributed by atoms with Crippen LogP contribution in [0.5, 0.6) is 0 Å². The monoisotopic (exact) mass is 290 g/mol. The van der Waals surface area contributed by atoms with Gasteiger partial charge >= 0.3 is 0 Å². The second-order valence-corrected chi connectivity index (χ2v) is 4.46. The molecule has 3 nitrogen and oxygen atoms in total. The maximum Gasteiger partial charge on any atom is 0.272 e. The van der Waals surface area contributed by atoms with Crippen molar-refractivity contribution in [3.63, 3.8) is 0 Å². The van der Waals surface area contributed by atoms with E-state index in [4.69, 9.17) is 0 Å². The Bertz CT molecular complexity index is 842. The molecule has 2 aromatic carbocycles. The molecule has 0 saturated heterocycles. The summed E-state index contributed by atoms with van der Waals surface area (Å²) in [6.07, 6.45) is 0. The van der Waals surface area contributed by atoms with Gasteiger partial charge in [-0.25, -0.2) is 13.2 Å². The van der Waals surface area contributed by atoms with Crippen LogP contribution in [0.3, 0.4) is 0 Å². The van der Waals surface area contributed by atoms with Gasteiger partial charge < -0.3 is 10.3 Å². The topological polar surface area (TPSA) is 44.9 Å². The molecule has 0 bridgehead atoms. The van der Waals surface area contributed by atoms with Crippen LogP contribution in [0, 0.1) is 17.5 Å². The number of aromatic nitrogens is 1. The zero-order valence-electron chi connectivity index (χ0n) is 10.6. The van der Waals surface area contributed by atoms with Crippen LogP contribution >= 0.6 is 0 Å². The minimum Gasteiger partial charge on any atom is -0.350 e. The molecule has 0 aliphatic heterocycles. The molecule has 0 aliphatic carbocycles. The summed E-state index contributed by atoms with van der Waals surface area (Å²) in [6.45, 7) is 0. The lowest BCUT2D eigenvalue weighted by molar-refractivity contribution is 0.102. The van der Waals surface area contributed by atoms with Crippen LogP contribution in [0.1, 0.15) is 10.5 Å². The van der Waals surface area contributed by atoms with Crippen molar-refractivity contribution < 1.29 is 18.0 Å². The van der Waals surface area contributed by atoms with Gasteiger partial charge in [-0.1, -0.05) is 6.07 Å². The highest BCUT2D eigenvalue weighted by Gasteiger charge is 2.13. The molecule has 0 spiro atoms. The van der Waals surface area contributed by atoms with E-state index in [1.165, 1.54) is 18.2 Å². The molecule has 0 saturated carbocycles. The highest BCUT2D eigenvalue weighted by molar-refractivity contribution is 6.06. The summed E-state index contributed by atoms with van der Waals surface area (Å²) in [4.78, 5) is 14.7. The van der Waals surface area contributed by atoms with E-state index < -0.39 is 23.4 Å². The number of hydrogen-bond donors (Lipinski definition) is 2. The van der Waals surface area contributed by atoms with Crippen LogP contribution in [0.15, 0.2) is 42.5 Å². The Labute approximate surface area is 117 Å². The summed E-state index contributed by atoms with van der Waals surface area (Å²) in [5.74, 6) is -2.73. The second kappa shape index (κ2) is 4.97. The van der Waals surface area contributed by atoms with Crippen molar-refractivity contribution in [3.05, 3.63) is 65.6 Å². The highest BCUT2D eigenvalue weighted by atomic mass is 19.1. The number of carbonyl (C=O) groups is 1. The smallest absolute Gasteiger partial charge is 0.272 e. The number of halogens is 3. The molecule has 2 N–H and O–H groups in total. The van der Waals surface area contributed by atoms with E-state index in [-0.39, 0.29) is 16.8 Å². The summed E-state index contributed by atoms with van der Waals surface area (Å²) in [7, 11) is 0. The van der Waals surface area contributed by atoms with Crippen molar-refractivity contribution in [2.45, 2.75) is 0 Å². The number of rotatable bonds is 2. The number of amides is 1. The Morgan fingerprint density at radius 2 is 1.81 bits per heavy atom. The van der Waals surface area contributed by atoms with Gasteiger partial charge in [0.15, 0.2) is 0 Å². The van der Waals surface area contributed by atoms with Crippen molar-refractivity contribution in [1.82, 2.24) is 4.98 Å². The largest absolute Gasteiger partial charge is 0.350 e. The summed E-state index contributed by atoms with van der Waals surface area (Å²) >= 11 is 0. The molecular formula is C15H9F3N2O. The molecule has 106 valence electrons. The number of aromatic amines is 1. The fourth-order valence-corrected chi connectivity index (χ4v) is 2.02. The first-order valence-electron chi connectivity index (χ1n) is 6.08. The average Bonchev–Trinajstić information content (AvgIpc) is 2.87. The Balaban J connectivity index is 1.92. The lowest BCUT2D eigenvalue weighted by Crippen LogP contribution is -2.13. The third-order valence-corrected chi connectivity index (χ3v) is 3.03. The number of hydrogen-bond acceptors (Lipinski definition) is 1. The van der Waals surface area contributed by atoms with E-state index in [0.717, 1.165) is 12.1 Å². The van der Waals surface area contributed by atoms with Gasteiger partial charge in [0.1, 0.15) is 23.1 Å². The SMILES string of the molecule is O=C(Nc1ccc(F)cc1F)c1cc2c(F)cccc2[nH]1. The van der Waals surface area contributed by atoms with Gasteiger partial charge in [0.05, 0.1) is 5.69 Å². The molecule has 0 radical (unpaired) electrons. The summed E-state index contributed by atoms with van der Waals surface area (Å²) in [6, 6.07) is 8.55. The van der Waals surface area contributed by atoms with E-state index in [0.29, 0.717) is 11.6 Å². The maximum atomic E-state index is 13.5. The molecule has 0 fully saturated rings. The van der Waals surface area contributed by atoms with Crippen LogP contribution in [0.4, 0.5) is 18.9 Å². The Kier molecular flexibility index (Phi) is 3.13. The molecule has 3 rings (SSSR count). The van der Waals surface area contributed by atoms with Crippen molar-refractivity contribution in [3.8, 4) is 0 Å². The molecule has 0 atom stereocenters. The number of carbonyl (C=O) groups excluding carboxylic acids is 1. The van der Waals surface area contributed by atoms with Crippen molar-refractivity contribution in [2.75, 3.05) is 5.32 Å².